The largest absolute Gasteiger partial charge is 0.392 e. The van der Waals surface area contributed by atoms with Crippen molar-refractivity contribution in [3.05, 3.63) is 21.8 Å². The molecule has 1 saturated carbocycles. The number of hydrogen-bond acceptors (Lipinski definition) is 4. The van der Waals surface area contributed by atoms with E-state index in [4.69, 9.17) is 22.6 Å². The first-order valence-corrected chi connectivity index (χ1v) is 5.33. The summed E-state index contributed by atoms with van der Waals surface area (Å²) in [6.07, 6.45) is 3.78. The summed E-state index contributed by atoms with van der Waals surface area (Å²) in [6, 6.07) is 2.14. The third-order valence-corrected chi connectivity index (χ3v) is 3.24. The Labute approximate surface area is 97.5 Å². The van der Waals surface area contributed by atoms with Crippen LogP contribution in [0.4, 0.5) is 5.69 Å². The van der Waals surface area contributed by atoms with Crippen molar-refractivity contribution in [2.75, 3.05) is 5.73 Å². The van der Waals surface area contributed by atoms with Crippen LogP contribution in [0, 0.1) is 16.7 Å². The molecule has 1 aliphatic carbocycles. The molecule has 16 heavy (non-hydrogen) atoms. The maximum absolute atomic E-state index is 11.7. The van der Waals surface area contributed by atoms with Crippen LogP contribution in [0.1, 0.15) is 19.3 Å². The fourth-order valence-corrected chi connectivity index (χ4v) is 1.82. The lowest BCUT2D eigenvalue weighted by molar-refractivity contribution is 0.421. The van der Waals surface area contributed by atoms with E-state index in [0.717, 1.165) is 12.8 Å². The number of rotatable bonds is 3. The van der Waals surface area contributed by atoms with Crippen LogP contribution in [0.5, 0.6) is 0 Å². The summed E-state index contributed by atoms with van der Waals surface area (Å²) in [5, 5.41) is 8.72. The lowest BCUT2D eigenvalue weighted by Crippen LogP contribution is -2.27. The molecule has 1 heterocycles. The third-order valence-electron chi connectivity index (χ3n) is 2.94. The van der Waals surface area contributed by atoms with Gasteiger partial charge in [-0.3, -0.25) is 9.36 Å². The zero-order valence-corrected chi connectivity index (χ0v) is 9.37. The number of aromatic nitrogens is 2. The molecule has 2 N–H and O–H groups in total. The molecule has 0 spiro atoms. The normalized spacial score (nSPS) is 16.8. The molecule has 1 aliphatic rings. The molecule has 84 valence electrons. The van der Waals surface area contributed by atoms with Gasteiger partial charge in [0.05, 0.1) is 12.4 Å². The van der Waals surface area contributed by atoms with E-state index in [1.165, 1.54) is 10.9 Å². The Hall–Kier alpha value is -1.54. The Morgan fingerprint density at radius 3 is 2.94 bits per heavy atom. The average molecular weight is 239 g/mol. The van der Waals surface area contributed by atoms with Gasteiger partial charge in [0.2, 0.25) is 0 Å². The number of nitriles is 1. The van der Waals surface area contributed by atoms with Gasteiger partial charge in [0.15, 0.2) is 5.15 Å². The van der Waals surface area contributed by atoms with Gasteiger partial charge in [-0.15, -0.1) is 0 Å². The highest BCUT2D eigenvalue weighted by molar-refractivity contribution is 6.31. The van der Waals surface area contributed by atoms with Crippen molar-refractivity contribution in [2.24, 2.45) is 5.41 Å². The van der Waals surface area contributed by atoms with E-state index < -0.39 is 0 Å². The molecule has 1 aromatic rings. The van der Waals surface area contributed by atoms with E-state index in [-0.39, 0.29) is 21.8 Å². The molecule has 1 fully saturated rings. The molecule has 2 rings (SSSR count). The SMILES string of the molecule is N#CCC1(Cn2cnc(Cl)c(N)c2=O)CC1. The second-order valence-corrected chi connectivity index (χ2v) is 4.58. The first-order chi connectivity index (χ1) is 7.58. The quantitative estimate of drug-likeness (QED) is 0.801. The monoisotopic (exact) mass is 238 g/mol. The van der Waals surface area contributed by atoms with Crippen molar-refractivity contribution in [1.82, 2.24) is 9.55 Å². The second kappa shape index (κ2) is 3.80. The van der Waals surface area contributed by atoms with Crippen molar-refractivity contribution < 1.29 is 0 Å². The van der Waals surface area contributed by atoms with E-state index in [1.54, 1.807) is 0 Å². The van der Waals surface area contributed by atoms with Crippen LogP contribution in [0.3, 0.4) is 0 Å². The summed E-state index contributed by atoms with van der Waals surface area (Å²) in [7, 11) is 0. The molecule has 0 aliphatic heterocycles. The van der Waals surface area contributed by atoms with E-state index in [9.17, 15) is 4.79 Å². The summed E-state index contributed by atoms with van der Waals surface area (Å²) < 4.78 is 1.44. The smallest absolute Gasteiger partial charge is 0.278 e. The van der Waals surface area contributed by atoms with Gasteiger partial charge < -0.3 is 5.73 Å². The zero-order chi connectivity index (χ0) is 11.8. The molecular weight excluding hydrogens is 228 g/mol. The number of halogens is 1. The third kappa shape index (κ3) is 1.89. The predicted molar refractivity (Wildman–Crippen MR) is 59.8 cm³/mol. The standard InChI is InChI=1S/C10H11ClN4O/c11-8-7(13)9(16)15(6-14-8)5-10(1-2-10)3-4-12/h6H,1-3,5,13H2. The Morgan fingerprint density at radius 2 is 2.38 bits per heavy atom. The number of nitrogen functional groups attached to an aromatic ring is 1. The highest BCUT2D eigenvalue weighted by Gasteiger charge is 2.43. The maximum Gasteiger partial charge on any atom is 0.278 e. The molecule has 1 aromatic heterocycles. The van der Waals surface area contributed by atoms with Gasteiger partial charge in [0, 0.05) is 18.4 Å². The first kappa shape index (κ1) is 11.0. The molecule has 0 atom stereocenters. The van der Waals surface area contributed by atoms with E-state index in [2.05, 4.69) is 11.1 Å². The molecule has 6 heteroatoms. The van der Waals surface area contributed by atoms with Gasteiger partial charge in [-0.1, -0.05) is 11.6 Å². The summed E-state index contributed by atoms with van der Waals surface area (Å²) in [5.41, 5.74) is 5.09. The molecule has 0 radical (unpaired) electrons. The van der Waals surface area contributed by atoms with Crippen LogP contribution in [0.2, 0.25) is 5.15 Å². The second-order valence-electron chi connectivity index (χ2n) is 4.22. The Morgan fingerprint density at radius 1 is 1.69 bits per heavy atom. The minimum atomic E-state index is -0.329. The number of nitrogens with two attached hydrogens (primary N) is 1. The van der Waals surface area contributed by atoms with Crippen molar-refractivity contribution in [1.29, 1.82) is 5.26 Å². The van der Waals surface area contributed by atoms with Crippen LogP contribution in [0.25, 0.3) is 0 Å². The van der Waals surface area contributed by atoms with Gasteiger partial charge >= 0.3 is 0 Å². The molecule has 0 saturated heterocycles. The molecule has 0 bridgehead atoms. The fraction of sp³-hybridized carbons (Fsp3) is 0.500. The first-order valence-electron chi connectivity index (χ1n) is 4.95. The molecular formula is C10H11ClN4O. The van der Waals surface area contributed by atoms with Gasteiger partial charge in [-0.2, -0.15) is 5.26 Å². The topological polar surface area (TPSA) is 84.7 Å². The van der Waals surface area contributed by atoms with Crippen LogP contribution in [-0.4, -0.2) is 9.55 Å². The van der Waals surface area contributed by atoms with E-state index in [1.807, 2.05) is 0 Å². The van der Waals surface area contributed by atoms with Crippen LogP contribution < -0.4 is 11.3 Å². The highest BCUT2D eigenvalue weighted by Crippen LogP contribution is 2.49. The van der Waals surface area contributed by atoms with Crippen LogP contribution in [-0.2, 0) is 6.54 Å². The van der Waals surface area contributed by atoms with Gasteiger partial charge in [0.1, 0.15) is 5.69 Å². The van der Waals surface area contributed by atoms with Gasteiger partial charge in [0.25, 0.3) is 5.56 Å². The van der Waals surface area contributed by atoms with Crippen molar-refractivity contribution in [3.8, 4) is 6.07 Å². The van der Waals surface area contributed by atoms with E-state index >= 15 is 0 Å². The Kier molecular flexibility index (Phi) is 2.60. The minimum absolute atomic E-state index is 0.0306. The Balaban J connectivity index is 2.27. The summed E-state index contributed by atoms with van der Waals surface area (Å²) in [5.74, 6) is 0. The molecule has 0 unspecified atom stereocenters. The Bertz CT molecular complexity index is 513. The van der Waals surface area contributed by atoms with Crippen molar-refractivity contribution in [3.63, 3.8) is 0 Å². The lowest BCUT2D eigenvalue weighted by atomic mass is 10.0. The number of anilines is 1. The minimum Gasteiger partial charge on any atom is -0.392 e. The van der Waals surface area contributed by atoms with Gasteiger partial charge in [-0.05, 0) is 12.8 Å². The average Bonchev–Trinajstić information content (AvgIpc) is 3.00. The zero-order valence-electron chi connectivity index (χ0n) is 8.61. The fourth-order valence-electron chi connectivity index (χ4n) is 1.69. The highest BCUT2D eigenvalue weighted by atomic mass is 35.5. The number of hydrogen-bond donors (Lipinski definition) is 1. The summed E-state index contributed by atoms with van der Waals surface area (Å²) in [6.45, 7) is 0.494. The maximum atomic E-state index is 11.7. The van der Waals surface area contributed by atoms with Crippen LogP contribution >= 0.6 is 11.6 Å². The molecule has 0 aromatic carbocycles. The predicted octanol–water partition coefficient (Wildman–Crippen LogP) is 1.17. The summed E-state index contributed by atoms with van der Waals surface area (Å²) in [4.78, 5) is 15.6. The molecule has 0 amide bonds. The molecule has 5 nitrogen and oxygen atoms in total. The summed E-state index contributed by atoms with van der Waals surface area (Å²) >= 11 is 5.63. The lowest BCUT2D eigenvalue weighted by Gasteiger charge is -2.13. The van der Waals surface area contributed by atoms with Crippen molar-refractivity contribution >= 4 is 17.3 Å². The van der Waals surface area contributed by atoms with Crippen molar-refractivity contribution in [2.45, 2.75) is 25.8 Å². The number of nitrogens with zero attached hydrogens (tertiary/aromatic N) is 3. The van der Waals surface area contributed by atoms with Gasteiger partial charge in [-0.25, -0.2) is 4.98 Å². The van der Waals surface area contributed by atoms with E-state index in [0.29, 0.717) is 13.0 Å². The van der Waals surface area contributed by atoms with Crippen LogP contribution in [0.15, 0.2) is 11.1 Å².